The van der Waals surface area contributed by atoms with Crippen LogP contribution in [0.1, 0.15) is 10.8 Å². The van der Waals surface area contributed by atoms with Crippen LogP contribution in [0.5, 0.6) is 5.75 Å². The van der Waals surface area contributed by atoms with Crippen LogP contribution in [0.4, 0.5) is 0 Å². The summed E-state index contributed by atoms with van der Waals surface area (Å²) in [5, 5.41) is 9.37. The Hall–Kier alpha value is -2.05. The van der Waals surface area contributed by atoms with Gasteiger partial charge in [0.25, 0.3) is 0 Å². The molecule has 0 aliphatic rings. The molecule has 2 N–H and O–H groups in total. The van der Waals surface area contributed by atoms with Crippen molar-refractivity contribution in [3.63, 3.8) is 0 Å². The highest BCUT2D eigenvalue weighted by Gasteiger charge is 2.15. The molecule has 108 valence electrons. The highest BCUT2D eigenvalue weighted by atomic mass is 32.2. The van der Waals surface area contributed by atoms with E-state index in [0.29, 0.717) is 6.54 Å². The van der Waals surface area contributed by atoms with Gasteiger partial charge < -0.3 is 10.5 Å². The third-order valence-electron chi connectivity index (χ3n) is 3.23. The molecule has 0 aliphatic heterocycles. The summed E-state index contributed by atoms with van der Waals surface area (Å²) in [6.07, 6.45) is 1.96. The first-order chi connectivity index (χ1) is 10.3. The summed E-state index contributed by atoms with van der Waals surface area (Å²) in [5.41, 5.74) is 7.91. The molecule has 3 aromatic rings. The van der Waals surface area contributed by atoms with E-state index in [1.165, 1.54) is 0 Å². The minimum Gasteiger partial charge on any atom is -0.497 e. The van der Waals surface area contributed by atoms with Gasteiger partial charge in [-0.2, -0.15) is 0 Å². The fourth-order valence-corrected chi connectivity index (χ4v) is 3.10. The van der Waals surface area contributed by atoms with Gasteiger partial charge in [0, 0.05) is 18.0 Å². The lowest BCUT2D eigenvalue weighted by atomic mass is 10.1. The Morgan fingerprint density at radius 1 is 1.19 bits per heavy atom. The summed E-state index contributed by atoms with van der Waals surface area (Å²) >= 11 is 1.61. The Labute approximate surface area is 127 Å². The Morgan fingerprint density at radius 3 is 2.71 bits per heavy atom. The van der Waals surface area contributed by atoms with Gasteiger partial charge in [-0.05, 0) is 29.8 Å². The van der Waals surface area contributed by atoms with E-state index in [-0.39, 0.29) is 5.25 Å². The van der Waals surface area contributed by atoms with Crippen LogP contribution in [0, 0.1) is 0 Å². The Bertz CT molecular complexity index is 726. The van der Waals surface area contributed by atoms with Gasteiger partial charge in [0.1, 0.15) is 5.75 Å². The van der Waals surface area contributed by atoms with E-state index in [1.54, 1.807) is 18.9 Å². The standard InChI is InChI=1S/C15H16N4OS/c1-20-12-7-5-11(6-8-12)13(10-16)21-15-18-17-14-4-2-3-9-19(14)15/h2-9,13H,10,16H2,1H3. The van der Waals surface area contributed by atoms with Crippen molar-refractivity contribution in [2.24, 2.45) is 5.73 Å². The fraction of sp³-hybridized carbons (Fsp3) is 0.200. The largest absolute Gasteiger partial charge is 0.497 e. The van der Waals surface area contributed by atoms with Gasteiger partial charge in [-0.3, -0.25) is 4.40 Å². The Balaban J connectivity index is 1.86. The summed E-state index contributed by atoms with van der Waals surface area (Å²) in [6, 6.07) is 13.8. The minimum absolute atomic E-state index is 0.128. The van der Waals surface area contributed by atoms with Crippen molar-refractivity contribution in [2.75, 3.05) is 13.7 Å². The molecule has 0 aliphatic carbocycles. The number of ether oxygens (including phenoxy) is 1. The van der Waals surface area contributed by atoms with Gasteiger partial charge in [0.05, 0.1) is 7.11 Å². The molecule has 0 bridgehead atoms. The van der Waals surface area contributed by atoms with Crippen LogP contribution in [-0.4, -0.2) is 28.3 Å². The van der Waals surface area contributed by atoms with Crippen LogP contribution in [0.15, 0.2) is 53.8 Å². The zero-order valence-corrected chi connectivity index (χ0v) is 12.5. The van der Waals surface area contributed by atoms with Crippen molar-refractivity contribution in [2.45, 2.75) is 10.4 Å². The monoisotopic (exact) mass is 300 g/mol. The predicted octanol–water partition coefficient (Wildman–Crippen LogP) is 2.53. The van der Waals surface area contributed by atoms with Crippen molar-refractivity contribution < 1.29 is 4.74 Å². The molecule has 1 atom stereocenters. The second-order valence-corrected chi connectivity index (χ2v) is 5.70. The maximum absolute atomic E-state index is 5.93. The molecule has 0 amide bonds. The SMILES string of the molecule is COc1ccc(C(CN)Sc2nnc3ccccn23)cc1. The van der Waals surface area contributed by atoms with Crippen LogP contribution < -0.4 is 10.5 Å². The topological polar surface area (TPSA) is 65.4 Å². The van der Waals surface area contributed by atoms with Crippen molar-refractivity contribution in [3.8, 4) is 5.75 Å². The molecule has 5 nitrogen and oxygen atoms in total. The summed E-state index contributed by atoms with van der Waals surface area (Å²) in [4.78, 5) is 0. The van der Waals surface area contributed by atoms with E-state index < -0.39 is 0 Å². The maximum Gasteiger partial charge on any atom is 0.196 e. The van der Waals surface area contributed by atoms with Crippen LogP contribution in [0.2, 0.25) is 0 Å². The first-order valence-electron chi connectivity index (χ1n) is 6.62. The quantitative estimate of drug-likeness (QED) is 0.734. The lowest BCUT2D eigenvalue weighted by Gasteiger charge is -2.14. The van der Waals surface area contributed by atoms with E-state index in [2.05, 4.69) is 10.2 Å². The summed E-state index contributed by atoms with van der Waals surface area (Å²) in [7, 11) is 1.66. The number of rotatable bonds is 5. The lowest BCUT2D eigenvalue weighted by Crippen LogP contribution is -2.10. The molecule has 6 heteroatoms. The van der Waals surface area contributed by atoms with E-state index in [9.17, 15) is 0 Å². The smallest absolute Gasteiger partial charge is 0.196 e. The number of hydrogen-bond donors (Lipinski definition) is 1. The van der Waals surface area contributed by atoms with Crippen molar-refractivity contribution >= 4 is 17.4 Å². The molecular weight excluding hydrogens is 284 g/mol. The maximum atomic E-state index is 5.93. The zero-order chi connectivity index (χ0) is 14.7. The number of aromatic nitrogens is 3. The molecule has 1 unspecified atom stereocenters. The Kier molecular flexibility index (Phi) is 4.08. The van der Waals surface area contributed by atoms with Crippen LogP contribution in [-0.2, 0) is 0 Å². The zero-order valence-electron chi connectivity index (χ0n) is 11.6. The molecule has 0 radical (unpaired) electrons. The molecule has 0 saturated carbocycles. The van der Waals surface area contributed by atoms with Gasteiger partial charge in [0.2, 0.25) is 0 Å². The van der Waals surface area contributed by atoms with E-state index in [1.807, 2.05) is 53.1 Å². The van der Waals surface area contributed by atoms with Gasteiger partial charge >= 0.3 is 0 Å². The number of fused-ring (bicyclic) bond motifs is 1. The predicted molar refractivity (Wildman–Crippen MR) is 83.6 cm³/mol. The van der Waals surface area contributed by atoms with E-state index >= 15 is 0 Å². The lowest BCUT2D eigenvalue weighted by molar-refractivity contribution is 0.414. The molecule has 2 aromatic heterocycles. The van der Waals surface area contributed by atoms with E-state index in [0.717, 1.165) is 22.1 Å². The number of hydrogen-bond acceptors (Lipinski definition) is 5. The third kappa shape index (κ3) is 2.86. The van der Waals surface area contributed by atoms with Crippen molar-refractivity contribution in [3.05, 3.63) is 54.2 Å². The average molecular weight is 300 g/mol. The summed E-state index contributed by atoms with van der Waals surface area (Å²) < 4.78 is 7.15. The normalized spacial score (nSPS) is 12.5. The number of benzene rings is 1. The van der Waals surface area contributed by atoms with Crippen molar-refractivity contribution in [1.82, 2.24) is 14.6 Å². The van der Waals surface area contributed by atoms with Gasteiger partial charge in [0.15, 0.2) is 10.8 Å². The molecule has 3 rings (SSSR count). The number of pyridine rings is 1. The molecule has 21 heavy (non-hydrogen) atoms. The van der Waals surface area contributed by atoms with Crippen LogP contribution in [0.25, 0.3) is 5.65 Å². The first kappa shape index (κ1) is 13.9. The number of nitrogens with two attached hydrogens (primary N) is 1. The molecule has 0 fully saturated rings. The summed E-state index contributed by atoms with van der Waals surface area (Å²) in [6.45, 7) is 0.527. The number of thioether (sulfide) groups is 1. The fourth-order valence-electron chi connectivity index (χ4n) is 2.10. The third-order valence-corrected chi connectivity index (χ3v) is 4.47. The summed E-state index contributed by atoms with van der Waals surface area (Å²) in [5.74, 6) is 0.840. The van der Waals surface area contributed by atoms with Crippen LogP contribution >= 0.6 is 11.8 Å². The number of nitrogens with zero attached hydrogens (tertiary/aromatic N) is 3. The highest BCUT2D eigenvalue weighted by molar-refractivity contribution is 7.99. The second-order valence-electron chi connectivity index (χ2n) is 4.53. The minimum atomic E-state index is 0.128. The van der Waals surface area contributed by atoms with Gasteiger partial charge in [-0.25, -0.2) is 0 Å². The van der Waals surface area contributed by atoms with Gasteiger partial charge in [-0.1, -0.05) is 30.0 Å². The molecule has 1 aromatic carbocycles. The van der Waals surface area contributed by atoms with Gasteiger partial charge in [-0.15, -0.1) is 10.2 Å². The highest BCUT2D eigenvalue weighted by Crippen LogP contribution is 2.34. The average Bonchev–Trinajstić information content (AvgIpc) is 2.96. The second kappa shape index (κ2) is 6.15. The molecule has 0 saturated heterocycles. The number of methoxy groups -OCH3 is 1. The first-order valence-corrected chi connectivity index (χ1v) is 7.50. The Morgan fingerprint density at radius 2 is 2.00 bits per heavy atom. The van der Waals surface area contributed by atoms with Crippen LogP contribution in [0.3, 0.4) is 0 Å². The molecular formula is C15H16N4OS. The van der Waals surface area contributed by atoms with Crippen molar-refractivity contribution in [1.29, 1.82) is 0 Å². The van der Waals surface area contributed by atoms with E-state index in [4.69, 9.17) is 10.5 Å². The molecule has 0 spiro atoms. The molecule has 2 heterocycles.